The van der Waals surface area contributed by atoms with Gasteiger partial charge >= 0.3 is 0 Å². The van der Waals surface area contributed by atoms with Gasteiger partial charge < -0.3 is 24.0 Å². The Labute approximate surface area is 176 Å². The lowest BCUT2D eigenvalue weighted by molar-refractivity contribution is -0.885. The third-order valence-corrected chi connectivity index (χ3v) is 5.35. The summed E-state index contributed by atoms with van der Waals surface area (Å²) in [5, 5.41) is 2.26. The van der Waals surface area contributed by atoms with Crippen molar-refractivity contribution in [3.05, 3.63) is 65.7 Å². The van der Waals surface area contributed by atoms with Gasteiger partial charge in [-0.05, 0) is 52.7 Å². The Balaban J connectivity index is 1.34. The second kappa shape index (κ2) is 8.63. The topological polar surface area (TPSA) is 52.4 Å². The molecule has 3 aromatic rings. The highest BCUT2D eigenvalue weighted by atomic mass is 16.7. The number of ether oxygens (including phenoxy) is 3. The van der Waals surface area contributed by atoms with Gasteiger partial charge in [0.05, 0.1) is 14.2 Å². The molecule has 1 aliphatic heterocycles. The molecule has 1 N–H and O–H groups in total. The number of fused-ring (bicyclic) bond motifs is 2. The van der Waals surface area contributed by atoms with Gasteiger partial charge in [-0.1, -0.05) is 18.2 Å². The van der Waals surface area contributed by atoms with Crippen molar-refractivity contribution in [3.63, 3.8) is 0 Å². The molecule has 1 amide bonds. The van der Waals surface area contributed by atoms with Gasteiger partial charge in [0.15, 0.2) is 18.0 Å². The number of hydrogen-bond donors (Lipinski definition) is 1. The summed E-state index contributed by atoms with van der Waals surface area (Å²) in [5.41, 5.74) is 2.23. The molecule has 1 aliphatic rings. The zero-order chi connectivity index (χ0) is 21.1. The molecule has 30 heavy (non-hydrogen) atoms. The molecule has 6 nitrogen and oxygen atoms in total. The molecular weight excluding hydrogens is 380 g/mol. The first kappa shape index (κ1) is 20.0. The minimum atomic E-state index is 0.114. The third kappa shape index (κ3) is 4.49. The molecule has 0 fully saturated rings. The number of quaternary nitrogens is 1. The van der Waals surface area contributed by atoms with E-state index in [9.17, 15) is 4.79 Å². The van der Waals surface area contributed by atoms with E-state index in [-0.39, 0.29) is 12.7 Å². The molecule has 156 valence electrons. The highest BCUT2D eigenvalue weighted by Gasteiger charge is 2.18. The Morgan fingerprint density at radius 1 is 1.00 bits per heavy atom. The lowest BCUT2D eigenvalue weighted by Crippen LogP contribution is -3.08. The summed E-state index contributed by atoms with van der Waals surface area (Å²) in [4.78, 5) is 15.6. The van der Waals surface area contributed by atoms with Gasteiger partial charge in [0.2, 0.25) is 6.79 Å². The van der Waals surface area contributed by atoms with Crippen LogP contribution in [0, 0.1) is 0 Å². The number of carbonyl (C=O) groups excluding carboxylic acids is 1. The fourth-order valence-corrected chi connectivity index (χ4v) is 3.72. The van der Waals surface area contributed by atoms with Crippen molar-refractivity contribution in [3.8, 4) is 17.2 Å². The summed E-state index contributed by atoms with van der Waals surface area (Å²) in [6.45, 7) is 2.02. The number of benzene rings is 3. The van der Waals surface area contributed by atoms with Crippen LogP contribution in [0.2, 0.25) is 0 Å². The normalized spacial score (nSPS) is 13.3. The van der Waals surface area contributed by atoms with Gasteiger partial charge in [-0.25, -0.2) is 0 Å². The summed E-state index contributed by atoms with van der Waals surface area (Å²) in [6.07, 6.45) is 0. The molecular formula is C24H27N2O4+. The van der Waals surface area contributed by atoms with E-state index in [2.05, 4.69) is 18.2 Å². The molecule has 0 saturated carbocycles. The van der Waals surface area contributed by atoms with E-state index in [1.807, 2.05) is 50.5 Å². The molecule has 1 atom stereocenters. The van der Waals surface area contributed by atoms with E-state index in [4.69, 9.17) is 14.2 Å². The lowest BCUT2D eigenvalue weighted by atomic mass is 10.1. The first-order chi connectivity index (χ1) is 14.5. The van der Waals surface area contributed by atoms with E-state index in [1.165, 1.54) is 0 Å². The van der Waals surface area contributed by atoms with Crippen molar-refractivity contribution in [1.82, 2.24) is 4.90 Å². The molecule has 1 heterocycles. The summed E-state index contributed by atoms with van der Waals surface area (Å²) in [7, 11) is 5.55. The van der Waals surface area contributed by atoms with Crippen molar-refractivity contribution < 1.29 is 23.9 Å². The van der Waals surface area contributed by atoms with Crippen LogP contribution in [0.3, 0.4) is 0 Å². The van der Waals surface area contributed by atoms with Gasteiger partial charge in [-0.15, -0.1) is 0 Å². The number of hydrogen-bond acceptors (Lipinski definition) is 4. The van der Waals surface area contributed by atoms with Crippen LogP contribution in [0.5, 0.6) is 17.2 Å². The van der Waals surface area contributed by atoms with E-state index in [1.54, 1.807) is 12.0 Å². The van der Waals surface area contributed by atoms with Crippen molar-refractivity contribution >= 4 is 16.7 Å². The van der Waals surface area contributed by atoms with Gasteiger partial charge in [-0.2, -0.15) is 0 Å². The number of methoxy groups -OCH3 is 1. The molecule has 0 aromatic heterocycles. The molecule has 4 rings (SSSR count). The Morgan fingerprint density at radius 2 is 1.73 bits per heavy atom. The van der Waals surface area contributed by atoms with E-state index < -0.39 is 0 Å². The Kier molecular flexibility index (Phi) is 5.77. The first-order valence-corrected chi connectivity index (χ1v) is 10.0. The molecule has 3 aromatic carbocycles. The Morgan fingerprint density at radius 3 is 2.57 bits per heavy atom. The summed E-state index contributed by atoms with van der Waals surface area (Å²) >= 11 is 0. The smallest absolute Gasteiger partial charge is 0.277 e. The van der Waals surface area contributed by atoms with E-state index in [0.29, 0.717) is 13.1 Å². The van der Waals surface area contributed by atoms with Crippen LogP contribution in [-0.2, 0) is 17.9 Å². The second-order valence-corrected chi connectivity index (χ2v) is 7.80. The molecule has 0 bridgehead atoms. The van der Waals surface area contributed by atoms with Crippen molar-refractivity contribution in [2.75, 3.05) is 34.5 Å². The zero-order valence-electron chi connectivity index (χ0n) is 17.6. The molecule has 0 spiro atoms. The summed E-state index contributed by atoms with van der Waals surface area (Å²) < 4.78 is 16.1. The first-order valence-electron chi connectivity index (χ1n) is 10.0. The van der Waals surface area contributed by atoms with Crippen LogP contribution < -0.4 is 19.1 Å². The van der Waals surface area contributed by atoms with Crippen LogP contribution >= 0.6 is 0 Å². The molecule has 0 saturated heterocycles. The SMILES string of the molecule is COc1ccc2cc(CN(C)C(=O)C[NH+](C)Cc3ccc4c(c3)OCO4)ccc2c1. The van der Waals surface area contributed by atoms with Gasteiger partial charge in [0.25, 0.3) is 5.91 Å². The molecule has 6 heteroatoms. The fraction of sp³-hybridized carbons (Fsp3) is 0.292. The van der Waals surface area contributed by atoms with Crippen LogP contribution in [0.15, 0.2) is 54.6 Å². The number of nitrogens with one attached hydrogen (secondary N) is 1. The number of nitrogens with zero attached hydrogens (tertiary/aromatic N) is 1. The van der Waals surface area contributed by atoms with Crippen LogP contribution in [0.1, 0.15) is 11.1 Å². The zero-order valence-corrected chi connectivity index (χ0v) is 17.6. The Hall–Kier alpha value is -3.25. The number of amides is 1. The summed E-state index contributed by atoms with van der Waals surface area (Å²) in [6, 6.07) is 18.2. The van der Waals surface area contributed by atoms with Gasteiger partial charge in [0.1, 0.15) is 12.3 Å². The maximum atomic E-state index is 12.7. The maximum Gasteiger partial charge on any atom is 0.277 e. The summed E-state index contributed by atoms with van der Waals surface area (Å²) in [5.74, 6) is 2.51. The van der Waals surface area contributed by atoms with Crippen molar-refractivity contribution in [2.24, 2.45) is 0 Å². The standard InChI is InChI=1S/C24H26N2O4/c1-25(13-18-5-9-22-23(11-18)30-16-29-22)15-24(27)26(2)14-17-4-6-20-12-21(28-3)8-7-19(20)10-17/h4-12H,13-16H2,1-3H3/p+1. The fourth-order valence-electron chi connectivity index (χ4n) is 3.72. The van der Waals surface area contributed by atoms with Crippen molar-refractivity contribution in [1.29, 1.82) is 0 Å². The number of rotatable bonds is 7. The van der Waals surface area contributed by atoms with Crippen LogP contribution in [0.25, 0.3) is 10.8 Å². The van der Waals surface area contributed by atoms with E-state index in [0.717, 1.165) is 50.6 Å². The average molecular weight is 407 g/mol. The monoisotopic (exact) mass is 407 g/mol. The minimum Gasteiger partial charge on any atom is -0.497 e. The minimum absolute atomic E-state index is 0.114. The second-order valence-electron chi connectivity index (χ2n) is 7.80. The molecule has 0 radical (unpaired) electrons. The molecule has 1 unspecified atom stereocenters. The van der Waals surface area contributed by atoms with Crippen molar-refractivity contribution in [2.45, 2.75) is 13.1 Å². The van der Waals surface area contributed by atoms with E-state index >= 15 is 0 Å². The maximum absolute atomic E-state index is 12.7. The molecule has 0 aliphatic carbocycles. The number of likely N-dealkylation sites (N-methyl/N-ethyl adjacent to an activating group) is 2. The van der Waals surface area contributed by atoms with Gasteiger partial charge in [-0.3, -0.25) is 4.79 Å². The lowest BCUT2D eigenvalue weighted by Gasteiger charge is -2.20. The predicted octanol–water partition coefficient (Wildman–Crippen LogP) is 2.25. The van der Waals surface area contributed by atoms with Crippen LogP contribution in [-0.4, -0.2) is 45.3 Å². The van der Waals surface area contributed by atoms with Crippen LogP contribution in [0.4, 0.5) is 0 Å². The Bertz CT molecular complexity index is 1070. The number of carbonyl (C=O) groups is 1. The largest absolute Gasteiger partial charge is 0.497 e. The quantitative estimate of drug-likeness (QED) is 0.653. The highest BCUT2D eigenvalue weighted by molar-refractivity contribution is 5.84. The third-order valence-electron chi connectivity index (χ3n) is 5.35. The predicted molar refractivity (Wildman–Crippen MR) is 115 cm³/mol. The average Bonchev–Trinajstić information content (AvgIpc) is 3.21. The van der Waals surface area contributed by atoms with Gasteiger partial charge in [0, 0.05) is 19.2 Å². The highest BCUT2D eigenvalue weighted by Crippen LogP contribution is 2.32.